The molecule has 1 saturated heterocycles. The maximum Gasteiger partial charge on any atom is 0.188 e. The zero-order valence-corrected chi connectivity index (χ0v) is 13.6. The molecule has 122 valence electrons. The van der Waals surface area contributed by atoms with E-state index < -0.39 is 9.84 Å². The SMILES string of the molecule is NC(=NCCN1CCS(=O)(=O)CC1)NCCc1ccccc1. The molecule has 1 aromatic carbocycles. The lowest BCUT2D eigenvalue weighted by atomic mass is 10.1. The molecular formula is C15H24N4O2S. The molecule has 1 aliphatic heterocycles. The van der Waals surface area contributed by atoms with Gasteiger partial charge in [0.1, 0.15) is 0 Å². The van der Waals surface area contributed by atoms with E-state index in [1.165, 1.54) is 5.56 Å². The summed E-state index contributed by atoms with van der Waals surface area (Å²) >= 11 is 0. The molecule has 2 rings (SSSR count). The van der Waals surface area contributed by atoms with E-state index in [2.05, 4.69) is 27.3 Å². The zero-order chi connectivity index (χ0) is 15.8. The Kier molecular flexibility index (Phi) is 6.21. The first-order valence-electron chi connectivity index (χ1n) is 7.56. The van der Waals surface area contributed by atoms with Crippen LogP contribution in [0.1, 0.15) is 5.56 Å². The Morgan fingerprint density at radius 3 is 2.59 bits per heavy atom. The third-order valence-corrected chi connectivity index (χ3v) is 5.31. The number of rotatable bonds is 6. The molecule has 0 spiro atoms. The van der Waals surface area contributed by atoms with Gasteiger partial charge in [-0.2, -0.15) is 0 Å². The molecule has 1 fully saturated rings. The number of benzene rings is 1. The van der Waals surface area contributed by atoms with E-state index in [-0.39, 0.29) is 11.5 Å². The smallest absolute Gasteiger partial charge is 0.188 e. The van der Waals surface area contributed by atoms with Crippen LogP contribution in [0.4, 0.5) is 0 Å². The minimum atomic E-state index is -2.81. The summed E-state index contributed by atoms with van der Waals surface area (Å²) in [6, 6.07) is 10.2. The van der Waals surface area contributed by atoms with Crippen LogP contribution in [-0.2, 0) is 16.3 Å². The first-order chi connectivity index (χ1) is 10.6. The van der Waals surface area contributed by atoms with E-state index >= 15 is 0 Å². The van der Waals surface area contributed by atoms with Gasteiger partial charge in [0, 0.05) is 26.2 Å². The first kappa shape index (κ1) is 16.8. The van der Waals surface area contributed by atoms with Gasteiger partial charge in [-0.1, -0.05) is 30.3 Å². The Hall–Kier alpha value is -1.60. The van der Waals surface area contributed by atoms with Crippen molar-refractivity contribution in [1.82, 2.24) is 10.2 Å². The van der Waals surface area contributed by atoms with Gasteiger partial charge in [0.15, 0.2) is 15.8 Å². The molecular weight excluding hydrogens is 300 g/mol. The standard InChI is InChI=1S/C15H24N4O2S/c16-15(17-7-6-14-4-2-1-3-5-14)18-8-9-19-10-12-22(20,21)13-11-19/h1-5H,6-13H2,(H3,16,17,18). The summed E-state index contributed by atoms with van der Waals surface area (Å²) in [5.74, 6) is 0.948. The zero-order valence-electron chi connectivity index (χ0n) is 12.7. The number of hydrogen-bond acceptors (Lipinski definition) is 4. The van der Waals surface area contributed by atoms with Crippen LogP contribution in [0.3, 0.4) is 0 Å². The van der Waals surface area contributed by atoms with Crippen LogP contribution >= 0.6 is 0 Å². The van der Waals surface area contributed by atoms with Gasteiger partial charge in [-0.3, -0.25) is 9.89 Å². The average Bonchev–Trinajstić information content (AvgIpc) is 2.50. The van der Waals surface area contributed by atoms with Gasteiger partial charge in [-0.25, -0.2) is 8.42 Å². The lowest BCUT2D eigenvalue weighted by Crippen LogP contribution is -2.41. The van der Waals surface area contributed by atoms with Gasteiger partial charge in [0.25, 0.3) is 0 Å². The van der Waals surface area contributed by atoms with E-state index in [0.717, 1.165) is 19.5 Å². The van der Waals surface area contributed by atoms with Crippen LogP contribution in [0.2, 0.25) is 0 Å². The third kappa shape index (κ3) is 6.03. The quantitative estimate of drug-likeness (QED) is 0.562. The van der Waals surface area contributed by atoms with E-state index in [0.29, 0.717) is 25.6 Å². The largest absolute Gasteiger partial charge is 0.370 e. The number of guanidine groups is 1. The van der Waals surface area contributed by atoms with Crippen molar-refractivity contribution in [3.63, 3.8) is 0 Å². The minimum Gasteiger partial charge on any atom is -0.370 e. The highest BCUT2D eigenvalue weighted by atomic mass is 32.2. The predicted molar refractivity (Wildman–Crippen MR) is 89.7 cm³/mol. The van der Waals surface area contributed by atoms with E-state index in [1.54, 1.807) is 0 Å². The molecule has 0 bridgehead atoms. The number of sulfone groups is 1. The van der Waals surface area contributed by atoms with Gasteiger partial charge in [0.2, 0.25) is 0 Å². The maximum absolute atomic E-state index is 11.3. The highest BCUT2D eigenvalue weighted by molar-refractivity contribution is 7.91. The Morgan fingerprint density at radius 1 is 1.23 bits per heavy atom. The van der Waals surface area contributed by atoms with Crippen LogP contribution in [0.5, 0.6) is 0 Å². The second-order valence-electron chi connectivity index (χ2n) is 5.42. The molecule has 3 N–H and O–H groups in total. The van der Waals surface area contributed by atoms with Crippen LogP contribution < -0.4 is 11.1 Å². The summed E-state index contributed by atoms with van der Waals surface area (Å²) in [4.78, 5) is 6.39. The molecule has 0 aromatic heterocycles. The number of nitrogens with two attached hydrogens (primary N) is 1. The Bertz CT molecular complexity index is 573. The Balaban J connectivity index is 1.61. The highest BCUT2D eigenvalue weighted by Gasteiger charge is 2.20. The molecule has 0 unspecified atom stereocenters. The van der Waals surface area contributed by atoms with E-state index in [4.69, 9.17) is 5.73 Å². The Morgan fingerprint density at radius 2 is 1.91 bits per heavy atom. The van der Waals surface area contributed by atoms with Crippen molar-refractivity contribution in [2.24, 2.45) is 10.7 Å². The van der Waals surface area contributed by atoms with Crippen LogP contribution in [0, 0.1) is 0 Å². The number of nitrogens with one attached hydrogen (secondary N) is 1. The van der Waals surface area contributed by atoms with Gasteiger partial charge in [-0.15, -0.1) is 0 Å². The number of nitrogens with zero attached hydrogens (tertiary/aromatic N) is 2. The van der Waals surface area contributed by atoms with Crippen molar-refractivity contribution in [3.05, 3.63) is 35.9 Å². The van der Waals surface area contributed by atoms with Crippen molar-refractivity contribution in [3.8, 4) is 0 Å². The molecule has 1 aromatic rings. The lowest BCUT2D eigenvalue weighted by Gasteiger charge is -2.25. The molecule has 1 aliphatic rings. The fourth-order valence-electron chi connectivity index (χ4n) is 2.32. The summed E-state index contributed by atoms with van der Waals surface area (Å²) in [6.07, 6.45) is 0.904. The van der Waals surface area contributed by atoms with Crippen molar-refractivity contribution in [1.29, 1.82) is 0 Å². The normalized spacial score (nSPS) is 19.0. The van der Waals surface area contributed by atoms with Crippen LogP contribution in [0.15, 0.2) is 35.3 Å². The molecule has 0 aliphatic carbocycles. The molecule has 6 nitrogen and oxygen atoms in total. The van der Waals surface area contributed by atoms with Gasteiger partial charge >= 0.3 is 0 Å². The fraction of sp³-hybridized carbons (Fsp3) is 0.533. The molecule has 0 radical (unpaired) electrons. The van der Waals surface area contributed by atoms with E-state index in [1.807, 2.05) is 18.2 Å². The van der Waals surface area contributed by atoms with Gasteiger partial charge in [-0.05, 0) is 12.0 Å². The van der Waals surface area contributed by atoms with E-state index in [9.17, 15) is 8.42 Å². The molecule has 0 atom stereocenters. The first-order valence-corrected chi connectivity index (χ1v) is 9.38. The number of hydrogen-bond donors (Lipinski definition) is 2. The fourth-order valence-corrected chi connectivity index (χ4v) is 3.60. The summed E-state index contributed by atoms with van der Waals surface area (Å²) in [6.45, 7) is 3.28. The van der Waals surface area contributed by atoms with Crippen LogP contribution in [0.25, 0.3) is 0 Å². The summed E-state index contributed by atoms with van der Waals surface area (Å²) in [7, 11) is -2.81. The van der Waals surface area contributed by atoms with Crippen molar-refractivity contribution in [2.45, 2.75) is 6.42 Å². The average molecular weight is 324 g/mol. The topological polar surface area (TPSA) is 87.8 Å². The van der Waals surface area contributed by atoms with Crippen LogP contribution in [-0.4, -0.2) is 63.5 Å². The summed E-state index contributed by atoms with van der Waals surface area (Å²) in [5.41, 5.74) is 7.08. The van der Waals surface area contributed by atoms with Gasteiger partial charge < -0.3 is 11.1 Å². The third-order valence-electron chi connectivity index (χ3n) is 3.70. The maximum atomic E-state index is 11.3. The van der Waals surface area contributed by atoms with Crippen molar-refractivity contribution < 1.29 is 8.42 Å². The van der Waals surface area contributed by atoms with Gasteiger partial charge in [0.05, 0.1) is 18.1 Å². The lowest BCUT2D eigenvalue weighted by molar-refractivity contribution is 0.304. The Labute approximate surface area is 132 Å². The molecule has 0 amide bonds. The minimum absolute atomic E-state index is 0.252. The highest BCUT2D eigenvalue weighted by Crippen LogP contribution is 2.02. The summed E-state index contributed by atoms with van der Waals surface area (Å²) < 4.78 is 22.7. The van der Waals surface area contributed by atoms with Crippen molar-refractivity contribution in [2.75, 3.05) is 44.2 Å². The molecule has 1 heterocycles. The molecule has 7 heteroatoms. The second kappa shape index (κ2) is 8.14. The van der Waals surface area contributed by atoms with Crippen molar-refractivity contribution >= 4 is 15.8 Å². The number of aliphatic imine (C=N–C) groups is 1. The predicted octanol–water partition coefficient (Wildman–Crippen LogP) is -0.136. The molecule has 0 saturated carbocycles. The summed E-state index contributed by atoms with van der Waals surface area (Å²) in [5, 5.41) is 3.10. The second-order valence-corrected chi connectivity index (χ2v) is 7.73. The monoisotopic (exact) mass is 324 g/mol. The molecule has 22 heavy (non-hydrogen) atoms.